The topological polar surface area (TPSA) is 67.0 Å². The Labute approximate surface area is 144 Å². The normalized spacial score (nSPS) is 12.1. The highest BCUT2D eigenvalue weighted by atomic mass is 32.2. The lowest BCUT2D eigenvalue weighted by Crippen LogP contribution is -2.22. The Balaban J connectivity index is 1.71. The third-order valence-electron chi connectivity index (χ3n) is 3.64. The van der Waals surface area contributed by atoms with Crippen molar-refractivity contribution in [1.29, 1.82) is 0 Å². The third kappa shape index (κ3) is 3.54. The Morgan fingerprint density at radius 1 is 1.29 bits per heavy atom. The van der Waals surface area contributed by atoms with Crippen molar-refractivity contribution in [1.82, 2.24) is 9.97 Å². The molecule has 0 spiro atoms. The molecule has 0 aliphatic carbocycles. The van der Waals surface area contributed by atoms with E-state index in [2.05, 4.69) is 15.3 Å². The number of aromatic amines is 1. The maximum absolute atomic E-state index is 12.5. The molecule has 2 N–H and O–H groups in total. The van der Waals surface area contributed by atoms with E-state index in [1.807, 2.05) is 56.3 Å². The van der Waals surface area contributed by atoms with E-state index >= 15 is 0 Å². The zero-order valence-corrected chi connectivity index (χ0v) is 14.6. The molecule has 1 unspecified atom stereocenters. The first-order valence-electron chi connectivity index (χ1n) is 7.63. The van der Waals surface area contributed by atoms with E-state index in [4.69, 9.17) is 4.74 Å². The first-order valence-corrected chi connectivity index (χ1v) is 8.51. The molecule has 1 heterocycles. The molecule has 1 amide bonds. The summed E-state index contributed by atoms with van der Waals surface area (Å²) in [7, 11) is 1.59. The van der Waals surface area contributed by atoms with Crippen LogP contribution in [0.3, 0.4) is 0 Å². The number of thioether (sulfide) groups is 1. The smallest absolute Gasteiger partial charge is 0.237 e. The molecule has 2 aromatic carbocycles. The van der Waals surface area contributed by atoms with Gasteiger partial charge in [0.15, 0.2) is 5.16 Å². The number of imidazole rings is 1. The molecule has 0 saturated carbocycles. The first kappa shape index (κ1) is 16.4. The van der Waals surface area contributed by atoms with Crippen LogP contribution in [0.15, 0.2) is 47.6 Å². The predicted molar refractivity (Wildman–Crippen MR) is 97.8 cm³/mol. The number of ether oxygens (including phenoxy) is 1. The van der Waals surface area contributed by atoms with Crippen LogP contribution in [0.1, 0.15) is 12.5 Å². The summed E-state index contributed by atoms with van der Waals surface area (Å²) >= 11 is 1.39. The number of amides is 1. The second-order valence-corrected chi connectivity index (χ2v) is 6.84. The van der Waals surface area contributed by atoms with E-state index < -0.39 is 0 Å². The minimum absolute atomic E-state index is 0.0932. The lowest BCUT2D eigenvalue weighted by Gasteiger charge is -2.14. The summed E-state index contributed by atoms with van der Waals surface area (Å²) in [4.78, 5) is 20.2. The average Bonchev–Trinajstić information content (AvgIpc) is 2.97. The minimum atomic E-state index is -0.296. The van der Waals surface area contributed by atoms with Gasteiger partial charge < -0.3 is 15.0 Å². The predicted octanol–water partition coefficient (Wildman–Crippen LogP) is 4.00. The highest BCUT2D eigenvalue weighted by Gasteiger charge is 2.18. The van der Waals surface area contributed by atoms with Crippen molar-refractivity contribution in [3.05, 3.63) is 48.0 Å². The van der Waals surface area contributed by atoms with Crippen LogP contribution in [0.5, 0.6) is 5.75 Å². The average molecular weight is 341 g/mol. The van der Waals surface area contributed by atoms with Crippen LogP contribution in [0, 0.1) is 6.92 Å². The Morgan fingerprint density at radius 3 is 2.83 bits per heavy atom. The monoisotopic (exact) mass is 341 g/mol. The van der Waals surface area contributed by atoms with Gasteiger partial charge in [-0.25, -0.2) is 4.98 Å². The Kier molecular flexibility index (Phi) is 4.76. The number of carbonyl (C=O) groups excluding carboxylic acids is 1. The van der Waals surface area contributed by atoms with Gasteiger partial charge in [0.2, 0.25) is 5.91 Å². The molecule has 124 valence electrons. The molecule has 24 heavy (non-hydrogen) atoms. The van der Waals surface area contributed by atoms with Crippen molar-refractivity contribution in [2.24, 2.45) is 0 Å². The highest BCUT2D eigenvalue weighted by molar-refractivity contribution is 8.00. The van der Waals surface area contributed by atoms with Gasteiger partial charge in [0, 0.05) is 0 Å². The number of hydrogen-bond donors (Lipinski definition) is 2. The Hall–Kier alpha value is -2.47. The summed E-state index contributed by atoms with van der Waals surface area (Å²) < 4.78 is 5.30. The number of para-hydroxylation sites is 2. The van der Waals surface area contributed by atoms with Gasteiger partial charge in [-0.3, -0.25) is 4.79 Å². The fraction of sp³-hybridized carbons (Fsp3) is 0.222. The molecule has 1 aromatic heterocycles. The van der Waals surface area contributed by atoms with Gasteiger partial charge in [0.1, 0.15) is 5.75 Å². The molecule has 0 radical (unpaired) electrons. The molecule has 3 aromatic rings. The number of methoxy groups -OCH3 is 1. The van der Waals surface area contributed by atoms with Crippen LogP contribution in [-0.4, -0.2) is 28.2 Å². The SMILES string of the molecule is COc1ccc(C)cc1NC(=O)C(C)Sc1nc2ccccc2[nH]1. The van der Waals surface area contributed by atoms with Gasteiger partial charge in [-0.1, -0.05) is 30.0 Å². The molecule has 1 atom stereocenters. The molecule has 0 saturated heterocycles. The summed E-state index contributed by atoms with van der Waals surface area (Å²) in [5.41, 5.74) is 3.60. The Morgan fingerprint density at radius 2 is 2.08 bits per heavy atom. The number of fused-ring (bicyclic) bond motifs is 1. The fourth-order valence-corrected chi connectivity index (χ4v) is 3.18. The number of nitrogens with one attached hydrogen (secondary N) is 2. The van der Waals surface area contributed by atoms with Gasteiger partial charge >= 0.3 is 0 Å². The maximum atomic E-state index is 12.5. The lowest BCUT2D eigenvalue weighted by atomic mass is 10.2. The number of hydrogen-bond acceptors (Lipinski definition) is 4. The van der Waals surface area contributed by atoms with Crippen LogP contribution in [-0.2, 0) is 4.79 Å². The van der Waals surface area contributed by atoms with Crippen molar-refractivity contribution in [2.45, 2.75) is 24.3 Å². The summed E-state index contributed by atoms with van der Waals surface area (Å²) in [6, 6.07) is 13.5. The standard InChI is InChI=1S/C18H19N3O2S/c1-11-8-9-16(23-3)15(10-11)19-17(22)12(2)24-18-20-13-6-4-5-7-14(13)21-18/h4-10,12H,1-3H3,(H,19,22)(H,20,21). The van der Waals surface area contributed by atoms with E-state index in [1.54, 1.807) is 7.11 Å². The summed E-state index contributed by atoms with van der Waals surface area (Å²) in [6.07, 6.45) is 0. The van der Waals surface area contributed by atoms with Gasteiger partial charge in [-0.05, 0) is 43.7 Å². The van der Waals surface area contributed by atoms with Crippen molar-refractivity contribution in [3.8, 4) is 5.75 Å². The summed E-state index contributed by atoms with van der Waals surface area (Å²) in [5, 5.41) is 3.37. The zero-order chi connectivity index (χ0) is 17.1. The number of nitrogens with zero attached hydrogens (tertiary/aromatic N) is 1. The molecule has 6 heteroatoms. The number of benzene rings is 2. The maximum Gasteiger partial charge on any atom is 0.237 e. The minimum Gasteiger partial charge on any atom is -0.495 e. The molecule has 0 aliphatic rings. The third-order valence-corrected chi connectivity index (χ3v) is 4.62. The van der Waals surface area contributed by atoms with E-state index in [0.717, 1.165) is 21.8 Å². The van der Waals surface area contributed by atoms with Crippen molar-refractivity contribution >= 4 is 34.4 Å². The van der Waals surface area contributed by atoms with Crippen LogP contribution in [0.25, 0.3) is 11.0 Å². The van der Waals surface area contributed by atoms with Gasteiger partial charge in [0.25, 0.3) is 0 Å². The largest absolute Gasteiger partial charge is 0.495 e. The van der Waals surface area contributed by atoms with E-state index in [0.29, 0.717) is 11.4 Å². The fourth-order valence-electron chi connectivity index (χ4n) is 2.36. The zero-order valence-electron chi connectivity index (χ0n) is 13.8. The van der Waals surface area contributed by atoms with Crippen molar-refractivity contribution < 1.29 is 9.53 Å². The summed E-state index contributed by atoms with van der Waals surface area (Å²) in [6.45, 7) is 3.83. The number of anilines is 1. The molecular weight excluding hydrogens is 322 g/mol. The number of aryl methyl sites for hydroxylation is 1. The van der Waals surface area contributed by atoms with E-state index in [-0.39, 0.29) is 11.2 Å². The molecular formula is C18H19N3O2S. The Bertz CT molecular complexity index is 843. The highest BCUT2D eigenvalue weighted by Crippen LogP contribution is 2.28. The molecule has 0 aliphatic heterocycles. The summed E-state index contributed by atoms with van der Waals surface area (Å²) in [5.74, 6) is 0.555. The van der Waals surface area contributed by atoms with Gasteiger partial charge in [-0.2, -0.15) is 0 Å². The van der Waals surface area contributed by atoms with E-state index in [9.17, 15) is 4.79 Å². The lowest BCUT2D eigenvalue weighted by molar-refractivity contribution is -0.115. The number of H-pyrrole nitrogens is 1. The molecule has 0 fully saturated rings. The molecule has 0 bridgehead atoms. The van der Waals surface area contributed by atoms with Gasteiger partial charge in [0.05, 0.1) is 29.1 Å². The van der Waals surface area contributed by atoms with Crippen LogP contribution in [0.2, 0.25) is 0 Å². The second kappa shape index (κ2) is 6.97. The molecule has 5 nitrogen and oxygen atoms in total. The number of carbonyl (C=O) groups is 1. The van der Waals surface area contributed by atoms with Crippen molar-refractivity contribution in [2.75, 3.05) is 12.4 Å². The number of aromatic nitrogens is 2. The number of rotatable bonds is 5. The second-order valence-electron chi connectivity index (χ2n) is 5.51. The van der Waals surface area contributed by atoms with Crippen LogP contribution >= 0.6 is 11.8 Å². The quantitative estimate of drug-likeness (QED) is 0.688. The van der Waals surface area contributed by atoms with Crippen LogP contribution < -0.4 is 10.1 Å². The van der Waals surface area contributed by atoms with Gasteiger partial charge in [-0.15, -0.1) is 0 Å². The van der Waals surface area contributed by atoms with E-state index in [1.165, 1.54) is 11.8 Å². The first-order chi connectivity index (χ1) is 11.6. The van der Waals surface area contributed by atoms with Crippen molar-refractivity contribution in [3.63, 3.8) is 0 Å². The van der Waals surface area contributed by atoms with Crippen LogP contribution in [0.4, 0.5) is 5.69 Å². The molecule has 3 rings (SSSR count).